The Morgan fingerprint density at radius 3 is 3.15 bits per heavy atom. The minimum atomic E-state index is 0.471. The third-order valence-electron chi connectivity index (χ3n) is 3.41. The maximum atomic E-state index is 5.41. The lowest BCUT2D eigenvalue weighted by molar-refractivity contribution is 0.0759. The van der Waals surface area contributed by atoms with Gasteiger partial charge in [0, 0.05) is 13.2 Å². The molecule has 2 nitrogen and oxygen atoms in total. The van der Waals surface area contributed by atoms with E-state index in [1.54, 1.807) is 5.57 Å². The molecular formula is C11H19NO. The van der Waals surface area contributed by atoms with Crippen LogP contribution in [-0.2, 0) is 4.74 Å². The Bertz CT molecular complexity index is 212. The number of ether oxygens (including phenoxy) is 1. The fourth-order valence-electron chi connectivity index (χ4n) is 2.58. The molecule has 0 amide bonds. The molecule has 1 saturated heterocycles. The highest BCUT2D eigenvalue weighted by atomic mass is 16.5. The lowest BCUT2D eigenvalue weighted by Crippen LogP contribution is -2.41. The largest absolute Gasteiger partial charge is 0.381 e. The highest BCUT2D eigenvalue weighted by molar-refractivity contribution is 5.19. The molecule has 74 valence electrons. The van der Waals surface area contributed by atoms with Crippen molar-refractivity contribution in [3.63, 3.8) is 0 Å². The van der Waals surface area contributed by atoms with Gasteiger partial charge in [0.1, 0.15) is 0 Å². The number of hydrogen-bond donors (Lipinski definition) is 1. The van der Waals surface area contributed by atoms with Crippen LogP contribution in [0.1, 0.15) is 26.2 Å². The Kier molecular flexibility index (Phi) is 2.70. The fraction of sp³-hybridized carbons (Fsp3) is 0.818. The van der Waals surface area contributed by atoms with Crippen LogP contribution in [0.3, 0.4) is 0 Å². The summed E-state index contributed by atoms with van der Waals surface area (Å²) in [5, 5.41) is 3.50. The van der Waals surface area contributed by atoms with Gasteiger partial charge in [0.25, 0.3) is 0 Å². The van der Waals surface area contributed by atoms with E-state index in [0.29, 0.717) is 12.1 Å². The molecule has 2 rings (SSSR count). The Hall–Kier alpha value is -0.340. The summed E-state index contributed by atoms with van der Waals surface area (Å²) >= 11 is 0. The molecular weight excluding hydrogens is 162 g/mol. The first-order valence-electron chi connectivity index (χ1n) is 5.27. The predicted octanol–water partition coefficient (Wildman–Crippen LogP) is 1.72. The van der Waals surface area contributed by atoms with E-state index in [1.807, 2.05) is 7.11 Å². The molecule has 0 spiro atoms. The van der Waals surface area contributed by atoms with Gasteiger partial charge in [0.15, 0.2) is 0 Å². The number of fused-ring (bicyclic) bond motifs is 1. The monoisotopic (exact) mass is 181 g/mol. The molecule has 0 bridgehead atoms. The molecule has 1 aliphatic heterocycles. The van der Waals surface area contributed by atoms with Crippen molar-refractivity contribution in [3.05, 3.63) is 11.6 Å². The van der Waals surface area contributed by atoms with E-state index < -0.39 is 0 Å². The van der Waals surface area contributed by atoms with Crippen LogP contribution in [0.15, 0.2) is 11.6 Å². The van der Waals surface area contributed by atoms with Crippen LogP contribution < -0.4 is 5.32 Å². The van der Waals surface area contributed by atoms with Crippen molar-refractivity contribution in [1.82, 2.24) is 5.32 Å². The van der Waals surface area contributed by atoms with E-state index in [9.17, 15) is 0 Å². The number of hydrogen-bond acceptors (Lipinski definition) is 2. The van der Waals surface area contributed by atoms with Crippen molar-refractivity contribution >= 4 is 0 Å². The van der Waals surface area contributed by atoms with Gasteiger partial charge in [-0.05, 0) is 38.6 Å². The van der Waals surface area contributed by atoms with E-state index in [-0.39, 0.29) is 0 Å². The molecule has 13 heavy (non-hydrogen) atoms. The molecule has 1 aliphatic carbocycles. The molecule has 2 aliphatic rings. The fourth-order valence-corrected chi connectivity index (χ4v) is 2.58. The van der Waals surface area contributed by atoms with Crippen LogP contribution in [0.25, 0.3) is 0 Å². The quantitative estimate of drug-likeness (QED) is 0.622. The number of nitrogens with one attached hydrogen (secondary N) is 1. The summed E-state index contributed by atoms with van der Waals surface area (Å²) in [6.07, 6.45) is 6.48. The second kappa shape index (κ2) is 3.81. The topological polar surface area (TPSA) is 21.3 Å². The first-order valence-corrected chi connectivity index (χ1v) is 5.27. The van der Waals surface area contributed by atoms with Crippen molar-refractivity contribution in [2.24, 2.45) is 5.92 Å². The summed E-state index contributed by atoms with van der Waals surface area (Å²) in [5.74, 6) is 0.787. The van der Waals surface area contributed by atoms with Crippen LogP contribution in [0, 0.1) is 5.92 Å². The van der Waals surface area contributed by atoms with Crippen LogP contribution in [0.2, 0.25) is 0 Å². The highest BCUT2D eigenvalue weighted by Gasteiger charge is 2.29. The average molecular weight is 181 g/mol. The number of rotatable bonds is 1. The first-order chi connectivity index (χ1) is 6.31. The van der Waals surface area contributed by atoms with Crippen molar-refractivity contribution in [2.45, 2.75) is 38.3 Å². The minimum Gasteiger partial charge on any atom is -0.381 e. The van der Waals surface area contributed by atoms with Crippen LogP contribution in [0.5, 0.6) is 0 Å². The van der Waals surface area contributed by atoms with Gasteiger partial charge in [-0.2, -0.15) is 0 Å². The number of methoxy groups -OCH3 is 1. The van der Waals surface area contributed by atoms with Gasteiger partial charge in [-0.15, -0.1) is 0 Å². The Labute approximate surface area is 80.4 Å². The maximum Gasteiger partial charge on any atom is 0.0611 e. The summed E-state index contributed by atoms with van der Waals surface area (Å²) in [4.78, 5) is 0. The second-order valence-electron chi connectivity index (χ2n) is 4.19. The first kappa shape index (κ1) is 9.22. The Morgan fingerprint density at radius 1 is 1.54 bits per heavy atom. The molecule has 0 radical (unpaired) electrons. The Morgan fingerprint density at radius 2 is 2.38 bits per heavy atom. The zero-order valence-electron chi connectivity index (χ0n) is 8.55. The van der Waals surface area contributed by atoms with Crippen LogP contribution >= 0.6 is 0 Å². The molecule has 1 heterocycles. The molecule has 3 atom stereocenters. The van der Waals surface area contributed by atoms with Gasteiger partial charge < -0.3 is 10.1 Å². The lowest BCUT2D eigenvalue weighted by atomic mass is 9.78. The third kappa shape index (κ3) is 1.79. The summed E-state index contributed by atoms with van der Waals surface area (Å²) in [5.41, 5.74) is 1.62. The van der Waals surface area contributed by atoms with E-state index >= 15 is 0 Å². The average Bonchev–Trinajstić information content (AvgIpc) is 2.18. The molecule has 1 fully saturated rings. The van der Waals surface area contributed by atoms with E-state index in [2.05, 4.69) is 18.3 Å². The van der Waals surface area contributed by atoms with E-state index in [0.717, 1.165) is 12.3 Å². The molecule has 0 aromatic carbocycles. The van der Waals surface area contributed by atoms with Crippen molar-refractivity contribution in [3.8, 4) is 0 Å². The van der Waals surface area contributed by atoms with Gasteiger partial charge in [-0.1, -0.05) is 11.6 Å². The maximum absolute atomic E-state index is 5.41. The molecule has 0 aromatic rings. The van der Waals surface area contributed by atoms with Crippen molar-refractivity contribution < 1.29 is 4.74 Å². The van der Waals surface area contributed by atoms with Gasteiger partial charge in [-0.25, -0.2) is 0 Å². The highest BCUT2D eigenvalue weighted by Crippen LogP contribution is 2.33. The SMILES string of the molecule is COC1CC=C2C(CCNC2C)C1. The third-order valence-corrected chi connectivity index (χ3v) is 3.41. The predicted molar refractivity (Wildman–Crippen MR) is 53.7 cm³/mol. The van der Waals surface area contributed by atoms with Gasteiger partial charge in [0.05, 0.1) is 6.10 Å². The summed E-state index contributed by atoms with van der Waals surface area (Å²) in [7, 11) is 1.83. The molecule has 0 aromatic heterocycles. The summed E-state index contributed by atoms with van der Waals surface area (Å²) in [6.45, 7) is 3.44. The molecule has 0 saturated carbocycles. The zero-order chi connectivity index (χ0) is 9.26. The summed E-state index contributed by atoms with van der Waals surface area (Å²) < 4.78 is 5.41. The Balaban J connectivity index is 2.08. The van der Waals surface area contributed by atoms with E-state index in [4.69, 9.17) is 4.74 Å². The molecule has 3 unspecified atom stereocenters. The van der Waals surface area contributed by atoms with Crippen LogP contribution in [-0.4, -0.2) is 25.8 Å². The number of piperidine rings is 1. The smallest absolute Gasteiger partial charge is 0.0611 e. The van der Waals surface area contributed by atoms with Crippen LogP contribution in [0.4, 0.5) is 0 Å². The van der Waals surface area contributed by atoms with Gasteiger partial charge >= 0.3 is 0 Å². The van der Waals surface area contributed by atoms with Crippen molar-refractivity contribution in [1.29, 1.82) is 0 Å². The summed E-state index contributed by atoms with van der Waals surface area (Å²) in [6, 6.07) is 0.594. The second-order valence-corrected chi connectivity index (χ2v) is 4.19. The minimum absolute atomic E-state index is 0.471. The molecule has 2 heteroatoms. The lowest BCUT2D eigenvalue weighted by Gasteiger charge is -2.36. The standard InChI is InChI=1S/C11H19NO/c1-8-11-4-3-10(13-2)7-9(11)5-6-12-8/h4,8-10,12H,3,5-7H2,1-2H3. The van der Waals surface area contributed by atoms with Gasteiger partial charge in [-0.3, -0.25) is 0 Å². The zero-order valence-corrected chi connectivity index (χ0v) is 8.55. The van der Waals surface area contributed by atoms with Gasteiger partial charge in [0.2, 0.25) is 0 Å². The molecule has 1 N–H and O–H groups in total. The van der Waals surface area contributed by atoms with Crippen molar-refractivity contribution in [2.75, 3.05) is 13.7 Å². The van der Waals surface area contributed by atoms with E-state index in [1.165, 1.54) is 19.4 Å². The normalized spacial score (nSPS) is 39.5.